The predicted molar refractivity (Wildman–Crippen MR) is 85.4 cm³/mol. The highest BCUT2D eigenvalue weighted by Crippen LogP contribution is 2.13. The second kappa shape index (κ2) is 7.24. The van der Waals surface area contributed by atoms with Crippen molar-refractivity contribution in [1.82, 2.24) is 24.7 Å². The van der Waals surface area contributed by atoms with Gasteiger partial charge in [0.05, 0.1) is 12.6 Å². The molecule has 2 saturated heterocycles. The molecule has 1 aromatic rings. The maximum Gasteiger partial charge on any atom is 0.241 e. The van der Waals surface area contributed by atoms with Crippen LogP contribution in [0.25, 0.3) is 0 Å². The highest BCUT2D eigenvalue weighted by Gasteiger charge is 2.30. The molecule has 3 heterocycles. The van der Waals surface area contributed by atoms with Gasteiger partial charge in [0.15, 0.2) is 0 Å². The molecule has 0 radical (unpaired) electrons. The van der Waals surface area contributed by atoms with Gasteiger partial charge in [0.25, 0.3) is 0 Å². The lowest BCUT2D eigenvalue weighted by Crippen LogP contribution is -2.57. The molecule has 6 nitrogen and oxygen atoms in total. The second-order valence-electron chi connectivity index (χ2n) is 6.31. The first-order chi connectivity index (χ1) is 10.8. The highest BCUT2D eigenvalue weighted by molar-refractivity contribution is 5.82. The first-order valence-electron chi connectivity index (χ1n) is 8.52. The molecule has 2 fully saturated rings. The molecule has 0 saturated carbocycles. The Morgan fingerprint density at radius 3 is 2.95 bits per heavy atom. The van der Waals surface area contributed by atoms with Crippen LogP contribution in [0.4, 0.5) is 0 Å². The number of rotatable bonds is 5. The van der Waals surface area contributed by atoms with Crippen LogP contribution in [-0.4, -0.2) is 64.0 Å². The zero-order valence-electron chi connectivity index (χ0n) is 13.5. The number of aryl methyl sites for hydroxylation is 1. The third-order valence-corrected chi connectivity index (χ3v) is 4.61. The van der Waals surface area contributed by atoms with Gasteiger partial charge in [0, 0.05) is 51.7 Å². The molecule has 1 amide bonds. The van der Waals surface area contributed by atoms with Crippen molar-refractivity contribution in [3.63, 3.8) is 0 Å². The molecular formula is C16H27N5O. The third kappa shape index (κ3) is 3.50. The van der Waals surface area contributed by atoms with Crippen molar-refractivity contribution in [3.8, 4) is 0 Å². The van der Waals surface area contributed by atoms with Crippen LogP contribution in [0.2, 0.25) is 0 Å². The van der Waals surface area contributed by atoms with Crippen LogP contribution in [0.1, 0.15) is 32.0 Å². The number of imidazole rings is 1. The summed E-state index contributed by atoms with van der Waals surface area (Å²) in [5.74, 6) is 1.38. The zero-order valence-corrected chi connectivity index (χ0v) is 13.5. The molecule has 2 aliphatic heterocycles. The summed E-state index contributed by atoms with van der Waals surface area (Å²) in [6.45, 7) is 8.51. The number of piperazine rings is 1. The Morgan fingerprint density at radius 1 is 1.36 bits per heavy atom. The molecule has 1 unspecified atom stereocenters. The fourth-order valence-electron chi connectivity index (χ4n) is 3.41. The standard InChI is InChI=1S/C16H27N5O/c1-2-7-20-11-6-18-15(20)13-19-10-5-17-14(12-19)16(22)21-8-3-4-9-21/h6,11,14,17H,2-5,7-10,12-13H2,1H3. The lowest BCUT2D eigenvalue weighted by atomic mass is 10.2. The average Bonchev–Trinajstić information content (AvgIpc) is 3.20. The molecular weight excluding hydrogens is 278 g/mol. The van der Waals surface area contributed by atoms with Gasteiger partial charge in [0.1, 0.15) is 5.82 Å². The lowest BCUT2D eigenvalue weighted by Gasteiger charge is -2.34. The van der Waals surface area contributed by atoms with Gasteiger partial charge < -0.3 is 14.8 Å². The van der Waals surface area contributed by atoms with E-state index in [2.05, 4.69) is 26.7 Å². The number of carbonyl (C=O) groups excluding carboxylic acids is 1. The summed E-state index contributed by atoms with van der Waals surface area (Å²) in [6, 6.07) is -0.0542. The Hall–Kier alpha value is -1.40. The van der Waals surface area contributed by atoms with E-state index in [1.54, 1.807) is 0 Å². The number of hydrogen-bond donors (Lipinski definition) is 1. The SMILES string of the molecule is CCCn1ccnc1CN1CCNC(C(=O)N2CCCC2)C1. The monoisotopic (exact) mass is 305 g/mol. The van der Waals surface area contributed by atoms with E-state index in [-0.39, 0.29) is 11.9 Å². The number of amides is 1. The van der Waals surface area contributed by atoms with E-state index in [1.807, 2.05) is 17.3 Å². The van der Waals surface area contributed by atoms with Crippen LogP contribution in [0.5, 0.6) is 0 Å². The van der Waals surface area contributed by atoms with Crippen molar-refractivity contribution >= 4 is 5.91 Å². The van der Waals surface area contributed by atoms with Crippen molar-refractivity contribution in [3.05, 3.63) is 18.2 Å². The number of aromatic nitrogens is 2. The highest BCUT2D eigenvalue weighted by atomic mass is 16.2. The quantitative estimate of drug-likeness (QED) is 0.869. The Morgan fingerprint density at radius 2 is 2.18 bits per heavy atom. The molecule has 1 N–H and O–H groups in total. The van der Waals surface area contributed by atoms with Crippen molar-refractivity contribution in [2.45, 2.75) is 45.3 Å². The number of likely N-dealkylation sites (tertiary alicyclic amines) is 1. The van der Waals surface area contributed by atoms with E-state index in [0.717, 1.165) is 70.9 Å². The van der Waals surface area contributed by atoms with Crippen molar-refractivity contribution in [2.75, 3.05) is 32.7 Å². The molecule has 6 heteroatoms. The second-order valence-corrected chi connectivity index (χ2v) is 6.31. The van der Waals surface area contributed by atoms with Crippen LogP contribution < -0.4 is 5.32 Å². The maximum atomic E-state index is 12.5. The Kier molecular flexibility index (Phi) is 5.10. The van der Waals surface area contributed by atoms with E-state index in [0.29, 0.717) is 0 Å². The summed E-state index contributed by atoms with van der Waals surface area (Å²) in [5, 5.41) is 3.39. The summed E-state index contributed by atoms with van der Waals surface area (Å²) in [5.41, 5.74) is 0. The zero-order chi connectivity index (χ0) is 15.4. The van der Waals surface area contributed by atoms with Gasteiger partial charge in [-0.05, 0) is 19.3 Å². The number of nitrogens with one attached hydrogen (secondary N) is 1. The fraction of sp³-hybridized carbons (Fsp3) is 0.750. The van der Waals surface area contributed by atoms with Gasteiger partial charge in [-0.1, -0.05) is 6.92 Å². The minimum atomic E-state index is -0.0542. The summed E-state index contributed by atoms with van der Waals surface area (Å²) in [7, 11) is 0. The molecule has 1 atom stereocenters. The molecule has 1 aromatic heterocycles. The van der Waals surface area contributed by atoms with Gasteiger partial charge in [-0.2, -0.15) is 0 Å². The molecule has 0 aliphatic carbocycles. The fourth-order valence-corrected chi connectivity index (χ4v) is 3.41. The first kappa shape index (κ1) is 15.5. The number of nitrogens with zero attached hydrogens (tertiary/aromatic N) is 4. The number of hydrogen-bond acceptors (Lipinski definition) is 4. The lowest BCUT2D eigenvalue weighted by molar-refractivity contribution is -0.133. The first-order valence-corrected chi connectivity index (χ1v) is 8.52. The summed E-state index contributed by atoms with van der Waals surface area (Å²) >= 11 is 0. The van der Waals surface area contributed by atoms with Crippen LogP contribution in [0.15, 0.2) is 12.4 Å². The topological polar surface area (TPSA) is 53.4 Å². The van der Waals surface area contributed by atoms with Gasteiger partial charge in [-0.3, -0.25) is 9.69 Å². The van der Waals surface area contributed by atoms with Gasteiger partial charge >= 0.3 is 0 Å². The largest absolute Gasteiger partial charge is 0.341 e. The van der Waals surface area contributed by atoms with Gasteiger partial charge in [-0.25, -0.2) is 4.98 Å². The Bertz CT molecular complexity index is 494. The minimum absolute atomic E-state index is 0.0542. The minimum Gasteiger partial charge on any atom is -0.341 e. The Balaban J connectivity index is 1.58. The maximum absolute atomic E-state index is 12.5. The van der Waals surface area contributed by atoms with E-state index in [9.17, 15) is 4.79 Å². The molecule has 22 heavy (non-hydrogen) atoms. The van der Waals surface area contributed by atoms with E-state index in [4.69, 9.17) is 0 Å². The number of carbonyl (C=O) groups is 1. The molecule has 0 bridgehead atoms. The molecule has 2 aliphatic rings. The van der Waals surface area contributed by atoms with Crippen molar-refractivity contribution in [2.24, 2.45) is 0 Å². The van der Waals surface area contributed by atoms with Crippen molar-refractivity contribution in [1.29, 1.82) is 0 Å². The van der Waals surface area contributed by atoms with E-state index >= 15 is 0 Å². The smallest absolute Gasteiger partial charge is 0.241 e. The third-order valence-electron chi connectivity index (χ3n) is 4.61. The molecule has 122 valence electrons. The Labute approximate surface area is 132 Å². The van der Waals surface area contributed by atoms with Gasteiger partial charge in [-0.15, -0.1) is 0 Å². The van der Waals surface area contributed by atoms with Crippen LogP contribution in [0, 0.1) is 0 Å². The molecule has 0 aromatic carbocycles. The summed E-state index contributed by atoms with van der Waals surface area (Å²) in [4.78, 5) is 21.4. The predicted octanol–water partition coefficient (Wildman–Crippen LogP) is 0.689. The van der Waals surface area contributed by atoms with Crippen LogP contribution in [0.3, 0.4) is 0 Å². The summed E-state index contributed by atoms with van der Waals surface area (Å²) < 4.78 is 2.22. The molecule has 0 spiro atoms. The average molecular weight is 305 g/mol. The molecule has 3 rings (SSSR count). The van der Waals surface area contributed by atoms with E-state index < -0.39 is 0 Å². The van der Waals surface area contributed by atoms with E-state index in [1.165, 1.54) is 0 Å². The summed E-state index contributed by atoms with van der Waals surface area (Å²) in [6.07, 6.45) is 7.34. The van der Waals surface area contributed by atoms with Crippen molar-refractivity contribution < 1.29 is 4.79 Å². The van der Waals surface area contributed by atoms with Gasteiger partial charge in [0.2, 0.25) is 5.91 Å². The van der Waals surface area contributed by atoms with Crippen LogP contribution >= 0.6 is 0 Å². The van der Waals surface area contributed by atoms with Crippen LogP contribution in [-0.2, 0) is 17.9 Å². The normalized spacial score (nSPS) is 23.1.